The molecule has 0 fully saturated rings. The normalized spacial score (nSPS) is 12.0. The van der Waals surface area contributed by atoms with Gasteiger partial charge < -0.3 is 14.8 Å². The minimum absolute atomic E-state index is 0.507. The molecule has 3 nitrogen and oxygen atoms in total. The van der Waals surface area contributed by atoms with Gasteiger partial charge in [0.05, 0.1) is 19.9 Å². The molecule has 0 radical (unpaired) electrons. The Kier molecular flexibility index (Phi) is 6.40. The first kappa shape index (κ1) is 14.7. The number of methoxy groups -OCH3 is 2. The molecule has 0 heterocycles. The fourth-order valence-corrected chi connectivity index (χ4v) is 1.97. The van der Waals surface area contributed by atoms with E-state index in [-0.39, 0.29) is 0 Å². The number of unbranched alkanes of at least 4 members (excludes halogenated alkanes) is 1. The molecule has 0 bridgehead atoms. The van der Waals surface area contributed by atoms with E-state index in [4.69, 9.17) is 9.47 Å². The Morgan fingerprint density at radius 1 is 1.17 bits per heavy atom. The van der Waals surface area contributed by atoms with Crippen LogP contribution < -0.4 is 14.8 Å². The first-order chi connectivity index (χ1) is 8.74. The molecule has 0 aromatic heterocycles. The standard InChI is InChI=1S/C15H25NO2/c1-5-7-8-12(6-2)16-14-10-9-13(17-3)11-15(14)18-4/h9-12,16H,5-8H2,1-4H3. The molecule has 102 valence electrons. The highest BCUT2D eigenvalue weighted by atomic mass is 16.5. The lowest BCUT2D eigenvalue weighted by Gasteiger charge is -2.20. The van der Waals surface area contributed by atoms with Crippen LogP contribution in [0.2, 0.25) is 0 Å². The van der Waals surface area contributed by atoms with Crippen molar-refractivity contribution in [1.82, 2.24) is 0 Å². The fourth-order valence-electron chi connectivity index (χ4n) is 1.97. The van der Waals surface area contributed by atoms with E-state index in [1.807, 2.05) is 18.2 Å². The summed E-state index contributed by atoms with van der Waals surface area (Å²) in [5.74, 6) is 1.66. The summed E-state index contributed by atoms with van der Waals surface area (Å²) in [4.78, 5) is 0. The average Bonchev–Trinajstić information content (AvgIpc) is 2.43. The highest BCUT2D eigenvalue weighted by Crippen LogP contribution is 2.30. The molecule has 1 unspecified atom stereocenters. The SMILES string of the molecule is CCCCC(CC)Nc1ccc(OC)cc1OC. The van der Waals surface area contributed by atoms with E-state index in [2.05, 4.69) is 19.2 Å². The van der Waals surface area contributed by atoms with Gasteiger partial charge in [-0.25, -0.2) is 0 Å². The summed E-state index contributed by atoms with van der Waals surface area (Å²) in [6.07, 6.45) is 4.80. The highest BCUT2D eigenvalue weighted by Gasteiger charge is 2.10. The van der Waals surface area contributed by atoms with E-state index in [0.717, 1.165) is 23.6 Å². The Bertz CT molecular complexity index is 352. The molecule has 0 aliphatic heterocycles. The minimum atomic E-state index is 0.507. The molecule has 0 saturated heterocycles. The summed E-state index contributed by atoms with van der Waals surface area (Å²) in [6, 6.07) is 6.39. The van der Waals surface area contributed by atoms with Gasteiger partial charge >= 0.3 is 0 Å². The molecule has 1 rings (SSSR count). The lowest BCUT2D eigenvalue weighted by atomic mass is 10.1. The van der Waals surface area contributed by atoms with Crippen molar-refractivity contribution >= 4 is 5.69 Å². The zero-order chi connectivity index (χ0) is 13.4. The number of rotatable bonds is 8. The van der Waals surface area contributed by atoms with Gasteiger partial charge in [0.1, 0.15) is 11.5 Å². The summed E-state index contributed by atoms with van der Waals surface area (Å²) in [5, 5.41) is 3.55. The first-order valence-electron chi connectivity index (χ1n) is 6.73. The summed E-state index contributed by atoms with van der Waals surface area (Å²) >= 11 is 0. The maximum atomic E-state index is 5.40. The van der Waals surface area contributed by atoms with Crippen LogP contribution >= 0.6 is 0 Å². The van der Waals surface area contributed by atoms with Crippen LogP contribution in [0.25, 0.3) is 0 Å². The molecule has 0 aliphatic carbocycles. The molecule has 1 aromatic rings. The second-order valence-electron chi connectivity index (χ2n) is 4.46. The van der Waals surface area contributed by atoms with Crippen molar-refractivity contribution in [2.45, 2.75) is 45.6 Å². The number of ether oxygens (including phenoxy) is 2. The minimum Gasteiger partial charge on any atom is -0.497 e. The molecular formula is C15H25NO2. The molecule has 18 heavy (non-hydrogen) atoms. The van der Waals surface area contributed by atoms with Crippen LogP contribution in [0.5, 0.6) is 11.5 Å². The van der Waals surface area contributed by atoms with Crippen molar-refractivity contribution in [3.05, 3.63) is 18.2 Å². The summed E-state index contributed by atoms with van der Waals surface area (Å²) < 4.78 is 10.6. The number of hydrogen-bond acceptors (Lipinski definition) is 3. The largest absolute Gasteiger partial charge is 0.497 e. The first-order valence-corrected chi connectivity index (χ1v) is 6.73. The Morgan fingerprint density at radius 2 is 1.94 bits per heavy atom. The van der Waals surface area contributed by atoms with Gasteiger partial charge in [0.15, 0.2) is 0 Å². The van der Waals surface area contributed by atoms with Crippen molar-refractivity contribution < 1.29 is 9.47 Å². The van der Waals surface area contributed by atoms with Crippen LogP contribution in [-0.2, 0) is 0 Å². The second-order valence-corrected chi connectivity index (χ2v) is 4.46. The van der Waals surface area contributed by atoms with Crippen LogP contribution in [0.15, 0.2) is 18.2 Å². The van der Waals surface area contributed by atoms with Gasteiger partial charge in [0.25, 0.3) is 0 Å². The van der Waals surface area contributed by atoms with Crippen LogP contribution in [0.1, 0.15) is 39.5 Å². The van der Waals surface area contributed by atoms with Gasteiger partial charge in [0, 0.05) is 12.1 Å². The predicted octanol–water partition coefficient (Wildman–Crippen LogP) is 4.08. The van der Waals surface area contributed by atoms with E-state index in [1.54, 1.807) is 14.2 Å². The molecule has 0 aliphatic rings. The van der Waals surface area contributed by atoms with E-state index in [1.165, 1.54) is 19.3 Å². The molecule has 0 spiro atoms. The van der Waals surface area contributed by atoms with Crippen molar-refractivity contribution in [2.24, 2.45) is 0 Å². The highest BCUT2D eigenvalue weighted by molar-refractivity contribution is 5.59. The molecule has 0 amide bonds. The van der Waals surface area contributed by atoms with Crippen LogP contribution in [0, 0.1) is 0 Å². The molecule has 1 aromatic carbocycles. The molecule has 3 heteroatoms. The van der Waals surface area contributed by atoms with Crippen molar-refractivity contribution in [3.8, 4) is 11.5 Å². The van der Waals surface area contributed by atoms with Crippen LogP contribution in [0.3, 0.4) is 0 Å². The maximum absolute atomic E-state index is 5.40. The Balaban J connectivity index is 2.75. The van der Waals surface area contributed by atoms with Crippen LogP contribution in [-0.4, -0.2) is 20.3 Å². The van der Waals surface area contributed by atoms with Crippen molar-refractivity contribution in [1.29, 1.82) is 0 Å². The van der Waals surface area contributed by atoms with E-state index in [0.29, 0.717) is 6.04 Å². The van der Waals surface area contributed by atoms with Crippen LogP contribution in [0.4, 0.5) is 5.69 Å². The van der Waals surface area contributed by atoms with Gasteiger partial charge in [-0.05, 0) is 25.0 Å². The predicted molar refractivity (Wildman–Crippen MR) is 76.8 cm³/mol. The number of hydrogen-bond donors (Lipinski definition) is 1. The van der Waals surface area contributed by atoms with Gasteiger partial charge in [-0.15, -0.1) is 0 Å². The van der Waals surface area contributed by atoms with E-state index < -0.39 is 0 Å². The monoisotopic (exact) mass is 251 g/mol. The zero-order valence-electron chi connectivity index (χ0n) is 12.0. The molecule has 0 saturated carbocycles. The lowest BCUT2D eigenvalue weighted by Crippen LogP contribution is -2.18. The van der Waals surface area contributed by atoms with Gasteiger partial charge in [0.2, 0.25) is 0 Å². The van der Waals surface area contributed by atoms with Crippen molar-refractivity contribution in [2.75, 3.05) is 19.5 Å². The smallest absolute Gasteiger partial charge is 0.145 e. The summed E-state index contributed by atoms with van der Waals surface area (Å²) in [6.45, 7) is 4.43. The van der Waals surface area contributed by atoms with E-state index in [9.17, 15) is 0 Å². The van der Waals surface area contributed by atoms with Gasteiger partial charge in [-0.1, -0.05) is 26.7 Å². The fraction of sp³-hybridized carbons (Fsp3) is 0.600. The molecular weight excluding hydrogens is 226 g/mol. The summed E-state index contributed by atoms with van der Waals surface area (Å²) in [5.41, 5.74) is 1.04. The molecule has 1 atom stereocenters. The third-order valence-electron chi connectivity index (χ3n) is 3.17. The van der Waals surface area contributed by atoms with Gasteiger partial charge in [-0.2, -0.15) is 0 Å². The Labute approximate surface area is 110 Å². The number of benzene rings is 1. The Morgan fingerprint density at radius 3 is 2.50 bits per heavy atom. The number of anilines is 1. The topological polar surface area (TPSA) is 30.5 Å². The summed E-state index contributed by atoms with van der Waals surface area (Å²) in [7, 11) is 3.35. The maximum Gasteiger partial charge on any atom is 0.145 e. The third-order valence-corrected chi connectivity index (χ3v) is 3.17. The average molecular weight is 251 g/mol. The Hall–Kier alpha value is -1.38. The second kappa shape index (κ2) is 7.85. The van der Waals surface area contributed by atoms with E-state index >= 15 is 0 Å². The third kappa shape index (κ3) is 4.13. The number of nitrogens with one attached hydrogen (secondary N) is 1. The lowest BCUT2D eigenvalue weighted by molar-refractivity contribution is 0.395. The quantitative estimate of drug-likeness (QED) is 0.755. The zero-order valence-corrected chi connectivity index (χ0v) is 12.0. The molecule has 1 N–H and O–H groups in total. The van der Waals surface area contributed by atoms with Gasteiger partial charge in [-0.3, -0.25) is 0 Å². The van der Waals surface area contributed by atoms with Crippen molar-refractivity contribution in [3.63, 3.8) is 0 Å².